The van der Waals surface area contributed by atoms with Gasteiger partial charge in [0.25, 0.3) is 5.69 Å². The van der Waals surface area contributed by atoms with E-state index in [1.165, 1.54) is 12.1 Å². The predicted molar refractivity (Wildman–Crippen MR) is 76.3 cm³/mol. The van der Waals surface area contributed by atoms with E-state index in [-0.39, 0.29) is 11.6 Å². The number of aromatic nitrogens is 1. The standard InChI is InChI=1S/C14H12N4O3/c1-16-13-8-11(18(19)20)9-14(17-13)21-12-4-2-10(3-5-12)6-7-15/h2-5,8-9H,6H2,1H3,(H,16,17). The third-order valence-corrected chi connectivity index (χ3v) is 2.68. The van der Waals surface area contributed by atoms with Crippen LogP contribution in [0.4, 0.5) is 11.5 Å². The summed E-state index contributed by atoms with van der Waals surface area (Å²) in [6.45, 7) is 0. The van der Waals surface area contributed by atoms with Gasteiger partial charge in [0.05, 0.1) is 29.5 Å². The van der Waals surface area contributed by atoms with Crippen LogP contribution in [0, 0.1) is 21.4 Å². The molecule has 0 aliphatic carbocycles. The maximum absolute atomic E-state index is 10.9. The summed E-state index contributed by atoms with van der Waals surface area (Å²) in [5, 5.41) is 22.2. The molecule has 1 aromatic heterocycles. The van der Waals surface area contributed by atoms with Crippen molar-refractivity contribution in [3.05, 3.63) is 52.1 Å². The molecule has 0 aliphatic heterocycles. The zero-order valence-electron chi connectivity index (χ0n) is 11.2. The van der Waals surface area contributed by atoms with Crippen LogP contribution in [0.5, 0.6) is 11.6 Å². The summed E-state index contributed by atoms with van der Waals surface area (Å²) >= 11 is 0. The number of nitrogens with zero attached hydrogens (tertiary/aromatic N) is 3. The lowest BCUT2D eigenvalue weighted by atomic mass is 10.2. The van der Waals surface area contributed by atoms with Crippen molar-refractivity contribution < 1.29 is 9.66 Å². The van der Waals surface area contributed by atoms with Gasteiger partial charge < -0.3 is 10.1 Å². The van der Waals surface area contributed by atoms with E-state index in [4.69, 9.17) is 10.00 Å². The Morgan fingerprint density at radius 2 is 2.10 bits per heavy atom. The van der Waals surface area contributed by atoms with Crippen LogP contribution < -0.4 is 10.1 Å². The normalized spacial score (nSPS) is 9.71. The molecule has 0 saturated heterocycles. The zero-order valence-corrected chi connectivity index (χ0v) is 11.2. The Morgan fingerprint density at radius 1 is 1.38 bits per heavy atom. The fourth-order valence-corrected chi connectivity index (χ4v) is 1.66. The number of benzene rings is 1. The van der Waals surface area contributed by atoms with Crippen molar-refractivity contribution in [2.24, 2.45) is 0 Å². The first-order chi connectivity index (χ1) is 10.1. The second-order valence-corrected chi connectivity index (χ2v) is 4.14. The van der Waals surface area contributed by atoms with E-state index in [0.29, 0.717) is 18.0 Å². The highest BCUT2D eigenvalue weighted by Crippen LogP contribution is 2.26. The third-order valence-electron chi connectivity index (χ3n) is 2.68. The number of nitro groups is 1. The van der Waals surface area contributed by atoms with Crippen molar-refractivity contribution in [3.63, 3.8) is 0 Å². The van der Waals surface area contributed by atoms with Gasteiger partial charge in [-0.25, -0.2) is 0 Å². The summed E-state index contributed by atoms with van der Waals surface area (Å²) in [4.78, 5) is 14.4. The molecule has 0 bridgehead atoms. The Kier molecular flexibility index (Phi) is 4.31. The van der Waals surface area contributed by atoms with E-state index in [9.17, 15) is 10.1 Å². The second-order valence-electron chi connectivity index (χ2n) is 4.14. The molecule has 106 valence electrons. The largest absolute Gasteiger partial charge is 0.439 e. The number of nitriles is 1. The highest BCUT2D eigenvalue weighted by molar-refractivity contribution is 5.48. The minimum atomic E-state index is -0.509. The second kappa shape index (κ2) is 6.34. The summed E-state index contributed by atoms with van der Waals surface area (Å²) in [5.74, 6) is 0.966. The van der Waals surface area contributed by atoms with Gasteiger partial charge in [0, 0.05) is 7.05 Å². The quantitative estimate of drug-likeness (QED) is 0.669. The summed E-state index contributed by atoms with van der Waals surface area (Å²) in [7, 11) is 1.62. The molecule has 0 amide bonds. The monoisotopic (exact) mass is 284 g/mol. The Bertz CT molecular complexity index is 692. The molecule has 0 fully saturated rings. The van der Waals surface area contributed by atoms with Crippen molar-refractivity contribution in [1.82, 2.24) is 4.98 Å². The van der Waals surface area contributed by atoms with E-state index < -0.39 is 4.92 Å². The Hall–Kier alpha value is -3.14. The molecule has 2 aromatic rings. The van der Waals surface area contributed by atoms with Crippen molar-refractivity contribution in [3.8, 4) is 17.7 Å². The van der Waals surface area contributed by atoms with Gasteiger partial charge in [0.1, 0.15) is 11.6 Å². The molecule has 1 N–H and O–H groups in total. The minimum Gasteiger partial charge on any atom is -0.439 e. The molecule has 0 aliphatic rings. The van der Waals surface area contributed by atoms with E-state index in [1.807, 2.05) is 0 Å². The molecular formula is C14H12N4O3. The molecule has 1 heterocycles. The van der Waals surface area contributed by atoms with Gasteiger partial charge in [-0.3, -0.25) is 10.1 Å². The van der Waals surface area contributed by atoms with Crippen LogP contribution in [0.3, 0.4) is 0 Å². The number of pyridine rings is 1. The SMILES string of the molecule is CNc1cc([N+](=O)[O-])cc(Oc2ccc(CC#N)cc2)n1. The average molecular weight is 284 g/mol. The van der Waals surface area contributed by atoms with Gasteiger partial charge in [-0.15, -0.1) is 0 Å². The number of hydrogen-bond acceptors (Lipinski definition) is 6. The van der Waals surface area contributed by atoms with Crippen LogP contribution in [-0.4, -0.2) is 17.0 Å². The maximum Gasteiger partial charge on any atom is 0.278 e. The van der Waals surface area contributed by atoms with E-state index >= 15 is 0 Å². The molecule has 0 saturated carbocycles. The first-order valence-corrected chi connectivity index (χ1v) is 6.10. The van der Waals surface area contributed by atoms with Crippen molar-refractivity contribution in [2.45, 2.75) is 6.42 Å². The van der Waals surface area contributed by atoms with Crippen molar-refractivity contribution in [1.29, 1.82) is 5.26 Å². The maximum atomic E-state index is 10.9. The molecule has 0 atom stereocenters. The van der Waals surface area contributed by atoms with Gasteiger partial charge in [0.15, 0.2) is 0 Å². The van der Waals surface area contributed by atoms with E-state index in [1.54, 1.807) is 31.3 Å². The first kappa shape index (κ1) is 14.3. The highest BCUT2D eigenvalue weighted by atomic mass is 16.6. The Labute approximate surface area is 121 Å². The van der Waals surface area contributed by atoms with Gasteiger partial charge in [-0.1, -0.05) is 12.1 Å². The molecule has 1 aromatic carbocycles. The number of anilines is 1. The van der Waals surface area contributed by atoms with Crippen molar-refractivity contribution >= 4 is 11.5 Å². The lowest BCUT2D eigenvalue weighted by Gasteiger charge is -2.07. The number of hydrogen-bond donors (Lipinski definition) is 1. The molecule has 7 nitrogen and oxygen atoms in total. The number of ether oxygens (including phenoxy) is 1. The van der Waals surface area contributed by atoms with E-state index in [0.717, 1.165) is 5.56 Å². The molecular weight excluding hydrogens is 272 g/mol. The predicted octanol–water partition coefficient (Wildman–Crippen LogP) is 2.89. The summed E-state index contributed by atoms with van der Waals surface area (Å²) in [6.07, 6.45) is 0.319. The summed E-state index contributed by atoms with van der Waals surface area (Å²) in [6, 6.07) is 11.5. The smallest absolute Gasteiger partial charge is 0.278 e. The van der Waals surface area contributed by atoms with Crippen LogP contribution in [0.2, 0.25) is 0 Å². The van der Waals surface area contributed by atoms with Crippen LogP contribution >= 0.6 is 0 Å². The zero-order chi connectivity index (χ0) is 15.2. The first-order valence-electron chi connectivity index (χ1n) is 6.10. The Morgan fingerprint density at radius 3 is 2.67 bits per heavy atom. The fourth-order valence-electron chi connectivity index (χ4n) is 1.66. The van der Waals surface area contributed by atoms with Gasteiger partial charge in [-0.2, -0.15) is 10.2 Å². The number of rotatable bonds is 5. The summed E-state index contributed by atoms with van der Waals surface area (Å²) < 4.78 is 5.51. The van der Waals surface area contributed by atoms with E-state index in [2.05, 4.69) is 16.4 Å². The molecule has 0 spiro atoms. The molecule has 21 heavy (non-hydrogen) atoms. The average Bonchev–Trinajstić information content (AvgIpc) is 2.49. The summed E-state index contributed by atoms with van der Waals surface area (Å²) in [5.41, 5.74) is 0.762. The minimum absolute atomic E-state index is 0.106. The van der Waals surface area contributed by atoms with Gasteiger partial charge >= 0.3 is 0 Å². The topological polar surface area (TPSA) is 101 Å². The Balaban J connectivity index is 2.24. The van der Waals surface area contributed by atoms with Crippen LogP contribution in [0.15, 0.2) is 36.4 Å². The highest BCUT2D eigenvalue weighted by Gasteiger charge is 2.12. The van der Waals surface area contributed by atoms with Crippen LogP contribution in [-0.2, 0) is 6.42 Å². The van der Waals surface area contributed by atoms with Crippen LogP contribution in [0.25, 0.3) is 0 Å². The van der Waals surface area contributed by atoms with Crippen LogP contribution in [0.1, 0.15) is 5.56 Å². The molecule has 2 rings (SSSR count). The molecule has 7 heteroatoms. The molecule has 0 unspecified atom stereocenters. The number of nitrogens with one attached hydrogen (secondary N) is 1. The lowest BCUT2D eigenvalue weighted by molar-refractivity contribution is -0.384. The molecule has 0 radical (unpaired) electrons. The fraction of sp³-hybridized carbons (Fsp3) is 0.143. The van der Waals surface area contributed by atoms with Crippen molar-refractivity contribution in [2.75, 3.05) is 12.4 Å². The lowest BCUT2D eigenvalue weighted by Crippen LogP contribution is -1.98. The van der Waals surface area contributed by atoms with Gasteiger partial charge in [0.2, 0.25) is 5.88 Å². The van der Waals surface area contributed by atoms with Gasteiger partial charge in [-0.05, 0) is 17.7 Å². The third kappa shape index (κ3) is 3.67.